The monoisotopic (exact) mass is 383 g/mol. The van der Waals surface area contributed by atoms with Gasteiger partial charge in [0.05, 0.1) is 23.8 Å². The third kappa shape index (κ3) is 3.28. The molecule has 0 unspecified atom stereocenters. The standard InChI is InChI=1S/C20H18FN3O4/c1-27-19-10-9-15(24(25)26)11-20(19)28-12-17-16-3-2-4-18(16)23(22-17)14-7-5-13(21)6-8-14/h5-11H,2-4,12H2,1H3. The number of nitrogens with zero attached hydrogens (tertiary/aromatic N) is 3. The minimum absolute atomic E-state index is 0.0714. The lowest BCUT2D eigenvalue weighted by atomic mass is 10.2. The van der Waals surface area contributed by atoms with Crippen LogP contribution < -0.4 is 9.47 Å². The first kappa shape index (κ1) is 18.0. The Morgan fingerprint density at radius 3 is 2.68 bits per heavy atom. The van der Waals surface area contributed by atoms with Crippen molar-refractivity contribution >= 4 is 5.69 Å². The molecule has 3 aromatic rings. The van der Waals surface area contributed by atoms with E-state index in [1.807, 2.05) is 4.68 Å². The average molecular weight is 383 g/mol. The number of hydrogen-bond acceptors (Lipinski definition) is 5. The van der Waals surface area contributed by atoms with Crippen molar-refractivity contribution in [3.05, 3.63) is 75.3 Å². The highest BCUT2D eigenvalue weighted by molar-refractivity contribution is 5.49. The van der Waals surface area contributed by atoms with Crippen LogP contribution in [0.3, 0.4) is 0 Å². The molecule has 2 aromatic carbocycles. The predicted octanol–water partition coefficient (Wildman–Crippen LogP) is 4.00. The third-order valence-electron chi connectivity index (χ3n) is 4.81. The van der Waals surface area contributed by atoms with E-state index in [0.717, 1.165) is 41.9 Å². The van der Waals surface area contributed by atoms with Crippen molar-refractivity contribution < 1.29 is 18.8 Å². The van der Waals surface area contributed by atoms with Gasteiger partial charge in [0.2, 0.25) is 0 Å². The number of nitro groups is 1. The summed E-state index contributed by atoms with van der Waals surface area (Å²) >= 11 is 0. The highest BCUT2D eigenvalue weighted by atomic mass is 19.1. The Kier molecular flexibility index (Phi) is 4.68. The summed E-state index contributed by atoms with van der Waals surface area (Å²) in [6.07, 6.45) is 2.79. The van der Waals surface area contributed by atoms with Crippen molar-refractivity contribution in [3.63, 3.8) is 0 Å². The Morgan fingerprint density at radius 1 is 1.18 bits per heavy atom. The van der Waals surface area contributed by atoms with Crippen LogP contribution in [0.25, 0.3) is 5.69 Å². The number of methoxy groups -OCH3 is 1. The summed E-state index contributed by atoms with van der Waals surface area (Å²) in [6, 6.07) is 10.4. The van der Waals surface area contributed by atoms with Crippen LogP contribution in [0.4, 0.5) is 10.1 Å². The maximum atomic E-state index is 13.2. The molecule has 0 fully saturated rings. The third-order valence-corrected chi connectivity index (χ3v) is 4.81. The zero-order valence-corrected chi connectivity index (χ0v) is 15.2. The summed E-state index contributed by atoms with van der Waals surface area (Å²) < 4.78 is 26.1. The van der Waals surface area contributed by atoms with Gasteiger partial charge in [0.1, 0.15) is 18.1 Å². The minimum atomic E-state index is -0.479. The molecule has 0 radical (unpaired) electrons. The van der Waals surface area contributed by atoms with Gasteiger partial charge in [-0.15, -0.1) is 0 Å². The van der Waals surface area contributed by atoms with E-state index in [1.54, 1.807) is 12.1 Å². The fourth-order valence-electron chi connectivity index (χ4n) is 3.46. The number of nitro benzene ring substituents is 1. The smallest absolute Gasteiger partial charge is 0.273 e. The van der Waals surface area contributed by atoms with Crippen LogP contribution in [0, 0.1) is 15.9 Å². The van der Waals surface area contributed by atoms with Gasteiger partial charge in [0.25, 0.3) is 5.69 Å². The first-order chi connectivity index (χ1) is 13.6. The summed E-state index contributed by atoms with van der Waals surface area (Å²) in [4.78, 5) is 10.6. The van der Waals surface area contributed by atoms with Gasteiger partial charge in [0.15, 0.2) is 11.5 Å². The molecule has 1 aliphatic carbocycles. The highest BCUT2D eigenvalue weighted by Gasteiger charge is 2.24. The van der Waals surface area contributed by atoms with Crippen molar-refractivity contribution in [2.24, 2.45) is 0 Å². The van der Waals surface area contributed by atoms with Crippen LogP contribution in [-0.4, -0.2) is 21.8 Å². The first-order valence-electron chi connectivity index (χ1n) is 8.87. The van der Waals surface area contributed by atoms with Crippen LogP contribution in [0.2, 0.25) is 0 Å². The maximum Gasteiger partial charge on any atom is 0.273 e. The van der Waals surface area contributed by atoms with Crippen LogP contribution in [0.1, 0.15) is 23.4 Å². The van der Waals surface area contributed by atoms with Crippen LogP contribution in [0.15, 0.2) is 42.5 Å². The van der Waals surface area contributed by atoms with Crippen molar-refractivity contribution in [2.45, 2.75) is 25.9 Å². The molecule has 7 nitrogen and oxygen atoms in total. The number of fused-ring (bicyclic) bond motifs is 1. The second kappa shape index (κ2) is 7.30. The molecule has 0 saturated carbocycles. The number of benzene rings is 2. The second-order valence-electron chi connectivity index (χ2n) is 6.49. The molecule has 28 heavy (non-hydrogen) atoms. The summed E-state index contributed by atoms with van der Waals surface area (Å²) in [5.41, 5.74) is 3.70. The molecule has 1 heterocycles. The van der Waals surface area contributed by atoms with Crippen LogP contribution in [-0.2, 0) is 19.4 Å². The van der Waals surface area contributed by atoms with E-state index < -0.39 is 4.92 Å². The molecule has 144 valence electrons. The lowest BCUT2D eigenvalue weighted by molar-refractivity contribution is -0.385. The topological polar surface area (TPSA) is 79.4 Å². The van der Waals surface area contributed by atoms with Gasteiger partial charge in [0, 0.05) is 17.3 Å². The first-order valence-corrected chi connectivity index (χ1v) is 8.87. The number of hydrogen-bond donors (Lipinski definition) is 0. The lowest BCUT2D eigenvalue weighted by Gasteiger charge is -2.10. The van der Waals surface area contributed by atoms with Crippen molar-refractivity contribution in [2.75, 3.05) is 7.11 Å². The summed E-state index contributed by atoms with van der Waals surface area (Å²) in [7, 11) is 1.48. The molecule has 4 rings (SSSR count). The highest BCUT2D eigenvalue weighted by Crippen LogP contribution is 2.33. The van der Waals surface area contributed by atoms with Gasteiger partial charge in [-0.3, -0.25) is 10.1 Å². The van der Waals surface area contributed by atoms with Gasteiger partial charge in [-0.1, -0.05) is 0 Å². The number of non-ortho nitro benzene ring substituents is 1. The molecule has 8 heteroatoms. The van der Waals surface area contributed by atoms with Crippen molar-refractivity contribution in [1.82, 2.24) is 9.78 Å². The molecule has 0 atom stereocenters. The Balaban J connectivity index is 1.63. The van der Waals surface area contributed by atoms with Crippen molar-refractivity contribution in [3.8, 4) is 17.2 Å². The second-order valence-corrected chi connectivity index (χ2v) is 6.49. The molecule has 0 aliphatic heterocycles. The van der Waals surface area contributed by atoms with Gasteiger partial charge in [-0.2, -0.15) is 5.10 Å². The molecule has 1 aromatic heterocycles. The van der Waals surface area contributed by atoms with Crippen molar-refractivity contribution in [1.29, 1.82) is 0 Å². The minimum Gasteiger partial charge on any atom is -0.493 e. The molecular weight excluding hydrogens is 365 g/mol. The summed E-state index contributed by atoms with van der Waals surface area (Å²) in [5, 5.41) is 15.7. The van der Waals surface area contributed by atoms with E-state index in [2.05, 4.69) is 5.10 Å². The Hall–Kier alpha value is -3.42. The Morgan fingerprint density at radius 2 is 1.96 bits per heavy atom. The van der Waals surface area contributed by atoms with Gasteiger partial charge in [-0.25, -0.2) is 9.07 Å². The quantitative estimate of drug-likeness (QED) is 0.475. The fraction of sp³-hybridized carbons (Fsp3) is 0.250. The maximum absolute atomic E-state index is 13.2. The molecular formula is C20H18FN3O4. The average Bonchev–Trinajstić information content (AvgIpc) is 3.30. The van der Waals surface area contributed by atoms with Gasteiger partial charge >= 0.3 is 0 Å². The Labute approximate surface area is 160 Å². The molecule has 0 N–H and O–H groups in total. The van der Waals surface area contributed by atoms with E-state index in [0.29, 0.717) is 11.5 Å². The lowest BCUT2D eigenvalue weighted by Crippen LogP contribution is -2.04. The Bertz CT molecular complexity index is 1030. The predicted molar refractivity (Wildman–Crippen MR) is 99.5 cm³/mol. The van der Waals surface area contributed by atoms with E-state index >= 15 is 0 Å². The van der Waals surface area contributed by atoms with Gasteiger partial charge < -0.3 is 9.47 Å². The van der Waals surface area contributed by atoms with Crippen LogP contribution in [0.5, 0.6) is 11.5 Å². The normalized spacial score (nSPS) is 12.6. The fourth-order valence-corrected chi connectivity index (χ4v) is 3.46. The SMILES string of the molecule is COc1ccc([N+](=O)[O-])cc1OCc1nn(-c2ccc(F)cc2)c2c1CCC2. The number of aromatic nitrogens is 2. The zero-order valence-electron chi connectivity index (χ0n) is 15.2. The molecule has 0 saturated heterocycles. The van der Waals surface area contributed by atoms with E-state index in [-0.39, 0.29) is 18.1 Å². The largest absolute Gasteiger partial charge is 0.493 e. The van der Waals surface area contributed by atoms with E-state index in [9.17, 15) is 14.5 Å². The molecule has 0 spiro atoms. The molecule has 1 aliphatic rings. The molecule has 0 amide bonds. The number of rotatable bonds is 6. The number of ether oxygens (including phenoxy) is 2. The van der Waals surface area contributed by atoms with Crippen LogP contribution >= 0.6 is 0 Å². The summed E-state index contributed by atoms with van der Waals surface area (Å²) in [6.45, 7) is 0.161. The number of halogens is 1. The van der Waals surface area contributed by atoms with Gasteiger partial charge in [-0.05, 0) is 49.6 Å². The molecule has 0 bridgehead atoms. The summed E-state index contributed by atoms with van der Waals surface area (Å²) in [5.74, 6) is 0.411. The van der Waals surface area contributed by atoms with E-state index in [4.69, 9.17) is 9.47 Å². The zero-order chi connectivity index (χ0) is 19.7. The van der Waals surface area contributed by atoms with E-state index in [1.165, 1.54) is 37.4 Å².